The fourth-order valence-corrected chi connectivity index (χ4v) is 8.29. The second kappa shape index (κ2) is 5.12. The normalized spacial score (nSPS) is 59.8. The van der Waals surface area contributed by atoms with Crippen LogP contribution in [0.25, 0.3) is 0 Å². The molecular formula is C21H32O5. The molecule has 0 aromatic heterocycles. The van der Waals surface area contributed by atoms with Gasteiger partial charge in [-0.1, -0.05) is 20.4 Å². The van der Waals surface area contributed by atoms with E-state index in [-0.39, 0.29) is 29.3 Å². The van der Waals surface area contributed by atoms with Crippen molar-refractivity contribution in [3.63, 3.8) is 0 Å². The fourth-order valence-electron chi connectivity index (χ4n) is 8.29. The van der Waals surface area contributed by atoms with Crippen molar-refractivity contribution >= 4 is 0 Å². The van der Waals surface area contributed by atoms with Gasteiger partial charge in [0.05, 0.1) is 35.2 Å². The van der Waals surface area contributed by atoms with Crippen molar-refractivity contribution in [1.82, 2.24) is 0 Å². The van der Waals surface area contributed by atoms with Gasteiger partial charge in [0, 0.05) is 13.0 Å². The second-order valence-electron chi connectivity index (χ2n) is 10.2. The van der Waals surface area contributed by atoms with E-state index in [2.05, 4.69) is 20.4 Å². The standard InChI is InChI=1S/C21H32O5/c1-10-11-5-6-12-20-13(19(2,3)8-7-14(20)22)9-15(26-18(20)25-4)21(12,16(10)23)17(11)24/h11-18,22-24H,1,5-9H2,2-4H3/t11-,12-,13+,14-,15+,16+,17+,18?,20+,21-/m0/s1. The summed E-state index contributed by atoms with van der Waals surface area (Å²) >= 11 is 0. The Labute approximate surface area is 155 Å². The van der Waals surface area contributed by atoms with Crippen molar-refractivity contribution < 1.29 is 24.8 Å². The van der Waals surface area contributed by atoms with Crippen molar-refractivity contribution in [1.29, 1.82) is 0 Å². The molecule has 10 atom stereocenters. The zero-order valence-electron chi connectivity index (χ0n) is 16.0. The number of aliphatic hydroxyl groups excluding tert-OH is 3. The van der Waals surface area contributed by atoms with E-state index in [9.17, 15) is 15.3 Å². The maximum Gasteiger partial charge on any atom is 0.166 e. The molecular weight excluding hydrogens is 332 g/mol. The van der Waals surface area contributed by atoms with E-state index in [1.165, 1.54) is 0 Å². The topological polar surface area (TPSA) is 79.2 Å². The second-order valence-corrected chi connectivity index (χ2v) is 10.2. The molecule has 2 spiro atoms. The third-order valence-corrected chi connectivity index (χ3v) is 9.27. The predicted molar refractivity (Wildman–Crippen MR) is 95.0 cm³/mol. The number of methoxy groups -OCH3 is 1. The van der Waals surface area contributed by atoms with Gasteiger partial charge in [-0.15, -0.1) is 0 Å². The maximum absolute atomic E-state index is 11.4. The zero-order valence-corrected chi connectivity index (χ0v) is 16.0. The molecule has 0 amide bonds. The predicted octanol–water partition coefficient (Wildman–Crippen LogP) is 1.85. The maximum atomic E-state index is 11.4. The van der Waals surface area contributed by atoms with Crippen molar-refractivity contribution in [3.05, 3.63) is 12.2 Å². The Hall–Kier alpha value is -0.460. The first-order valence-corrected chi connectivity index (χ1v) is 10.1. The van der Waals surface area contributed by atoms with E-state index in [1.807, 2.05) is 0 Å². The highest BCUT2D eigenvalue weighted by molar-refractivity contribution is 5.35. The summed E-state index contributed by atoms with van der Waals surface area (Å²) in [5.41, 5.74) is -0.507. The van der Waals surface area contributed by atoms with Crippen LogP contribution in [0.3, 0.4) is 0 Å². The lowest BCUT2D eigenvalue weighted by atomic mass is 9.36. The average Bonchev–Trinajstić information content (AvgIpc) is 2.73. The lowest BCUT2D eigenvalue weighted by Gasteiger charge is -2.73. The molecule has 5 nitrogen and oxygen atoms in total. The third kappa shape index (κ3) is 1.60. The number of ether oxygens (including phenoxy) is 2. The van der Waals surface area contributed by atoms with Crippen molar-refractivity contribution in [2.45, 2.75) is 76.7 Å². The van der Waals surface area contributed by atoms with Crippen LogP contribution in [0.15, 0.2) is 12.2 Å². The molecule has 6 rings (SSSR count). The molecule has 6 aliphatic rings. The van der Waals surface area contributed by atoms with Gasteiger partial charge in [-0.25, -0.2) is 0 Å². The van der Waals surface area contributed by atoms with Gasteiger partial charge in [-0.3, -0.25) is 0 Å². The minimum atomic E-state index is -0.770. The van der Waals surface area contributed by atoms with Gasteiger partial charge in [0.1, 0.15) is 0 Å². The van der Waals surface area contributed by atoms with Crippen molar-refractivity contribution in [2.75, 3.05) is 7.11 Å². The molecule has 4 saturated carbocycles. The smallest absolute Gasteiger partial charge is 0.166 e. The molecule has 146 valence electrons. The Kier molecular flexibility index (Phi) is 3.47. The molecule has 2 aliphatic heterocycles. The highest BCUT2D eigenvalue weighted by Gasteiger charge is 2.81. The molecule has 6 fully saturated rings. The Bertz CT molecular complexity index is 646. The third-order valence-electron chi connectivity index (χ3n) is 9.27. The van der Waals surface area contributed by atoms with Gasteiger partial charge >= 0.3 is 0 Å². The van der Waals surface area contributed by atoms with Gasteiger partial charge in [-0.2, -0.15) is 0 Å². The van der Waals surface area contributed by atoms with E-state index in [4.69, 9.17) is 9.47 Å². The van der Waals surface area contributed by atoms with E-state index in [0.717, 1.165) is 31.3 Å². The highest BCUT2D eigenvalue weighted by Crippen LogP contribution is 2.76. The molecule has 4 aliphatic carbocycles. The van der Waals surface area contributed by atoms with Crippen LogP contribution in [-0.4, -0.2) is 53.1 Å². The van der Waals surface area contributed by atoms with Gasteiger partial charge in [0.25, 0.3) is 0 Å². The van der Waals surface area contributed by atoms with Crippen LogP contribution >= 0.6 is 0 Å². The summed E-state index contributed by atoms with van der Waals surface area (Å²) in [4.78, 5) is 0. The van der Waals surface area contributed by atoms with Gasteiger partial charge in [0.2, 0.25) is 0 Å². The van der Waals surface area contributed by atoms with Crippen LogP contribution in [0.1, 0.15) is 46.0 Å². The molecule has 26 heavy (non-hydrogen) atoms. The first kappa shape index (κ1) is 17.6. The molecule has 1 unspecified atom stereocenters. The van der Waals surface area contributed by atoms with Crippen LogP contribution in [0.4, 0.5) is 0 Å². The minimum absolute atomic E-state index is 0.0208. The average molecular weight is 364 g/mol. The molecule has 5 heteroatoms. The highest BCUT2D eigenvalue weighted by atomic mass is 16.7. The summed E-state index contributed by atoms with van der Waals surface area (Å²) in [6.07, 6.45) is 1.42. The summed E-state index contributed by atoms with van der Waals surface area (Å²) in [5.74, 6) is 0.171. The Balaban J connectivity index is 1.75. The summed E-state index contributed by atoms with van der Waals surface area (Å²) in [7, 11) is 1.66. The molecule has 2 heterocycles. The molecule has 0 aromatic carbocycles. The van der Waals surface area contributed by atoms with Gasteiger partial charge < -0.3 is 24.8 Å². The lowest BCUT2D eigenvalue weighted by Crippen LogP contribution is -2.79. The SMILES string of the molecule is C=C1[C@@H](O)[C@]23[C@H](O)[C@H]1CC[C@H]2[C@@]12C(OC)O[C@@H]3C[C@@H]1C(C)(C)CC[C@@H]2O. The van der Waals surface area contributed by atoms with Crippen molar-refractivity contribution in [3.8, 4) is 0 Å². The molecule has 0 radical (unpaired) electrons. The monoisotopic (exact) mass is 364 g/mol. The number of aliphatic hydroxyl groups is 3. The van der Waals surface area contributed by atoms with E-state index >= 15 is 0 Å². The van der Waals surface area contributed by atoms with Crippen molar-refractivity contribution in [2.24, 2.45) is 34.0 Å². The van der Waals surface area contributed by atoms with E-state index in [1.54, 1.807) is 7.11 Å². The Morgan fingerprint density at radius 3 is 2.50 bits per heavy atom. The van der Waals surface area contributed by atoms with Crippen LogP contribution < -0.4 is 0 Å². The zero-order chi connectivity index (χ0) is 18.6. The number of fused-ring (bicyclic) bond motifs is 2. The first-order chi connectivity index (χ1) is 12.2. The summed E-state index contributed by atoms with van der Waals surface area (Å²) in [5, 5.41) is 33.9. The van der Waals surface area contributed by atoms with E-state index in [0.29, 0.717) is 6.42 Å². The van der Waals surface area contributed by atoms with Crippen LogP contribution in [-0.2, 0) is 9.47 Å². The number of hydrogen-bond acceptors (Lipinski definition) is 5. The number of rotatable bonds is 1. The lowest BCUT2D eigenvalue weighted by molar-refractivity contribution is -0.420. The summed E-state index contributed by atoms with van der Waals surface area (Å²) in [6, 6.07) is 0. The Morgan fingerprint density at radius 2 is 1.81 bits per heavy atom. The molecule has 0 aromatic rings. The quantitative estimate of drug-likeness (QED) is 0.619. The summed E-state index contributed by atoms with van der Waals surface area (Å²) in [6.45, 7) is 8.71. The van der Waals surface area contributed by atoms with Gasteiger partial charge in [-0.05, 0) is 54.9 Å². The minimum Gasteiger partial charge on any atom is -0.392 e. The van der Waals surface area contributed by atoms with E-state index < -0.39 is 35.4 Å². The number of hydrogen-bond donors (Lipinski definition) is 3. The molecule has 2 saturated heterocycles. The van der Waals surface area contributed by atoms with Crippen LogP contribution in [0.5, 0.6) is 0 Å². The Morgan fingerprint density at radius 1 is 1.08 bits per heavy atom. The summed E-state index contributed by atoms with van der Waals surface area (Å²) < 4.78 is 12.2. The largest absolute Gasteiger partial charge is 0.392 e. The molecule has 4 bridgehead atoms. The van der Waals surface area contributed by atoms with Crippen LogP contribution in [0.2, 0.25) is 0 Å². The van der Waals surface area contributed by atoms with Crippen LogP contribution in [0, 0.1) is 34.0 Å². The first-order valence-electron chi connectivity index (χ1n) is 10.1. The fraction of sp³-hybridized carbons (Fsp3) is 0.905. The van der Waals surface area contributed by atoms with Gasteiger partial charge in [0.15, 0.2) is 6.29 Å². The molecule has 3 N–H and O–H groups in total.